The van der Waals surface area contributed by atoms with Crippen molar-refractivity contribution in [3.8, 4) is 11.5 Å². The van der Waals surface area contributed by atoms with Crippen LogP contribution in [0, 0.1) is 0 Å². The summed E-state index contributed by atoms with van der Waals surface area (Å²) in [5, 5.41) is 5.47. The maximum absolute atomic E-state index is 12.7. The highest BCUT2D eigenvalue weighted by molar-refractivity contribution is 6.05. The fraction of sp³-hybridized carbons (Fsp3) is 0.333. The Morgan fingerprint density at radius 1 is 1.14 bits per heavy atom. The van der Waals surface area contributed by atoms with Crippen molar-refractivity contribution >= 4 is 17.9 Å². The number of methoxy groups -OCH3 is 2. The molecule has 0 aliphatic heterocycles. The molecule has 8 nitrogen and oxygen atoms in total. The van der Waals surface area contributed by atoms with Gasteiger partial charge >= 0.3 is 0 Å². The van der Waals surface area contributed by atoms with Crippen LogP contribution in [-0.4, -0.2) is 58.1 Å². The van der Waals surface area contributed by atoms with Crippen LogP contribution < -0.4 is 20.1 Å². The number of nitrogens with zero attached hydrogens (tertiary/aromatic N) is 1. The maximum Gasteiger partial charge on any atom is 0.267 e. The Balaban J connectivity index is 2.15. The number of carbonyl (C=O) groups is 2. The van der Waals surface area contributed by atoms with E-state index in [0.29, 0.717) is 29.4 Å². The number of hydrogen-bond acceptors (Lipinski definition) is 6. The van der Waals surface area contributed by atoms with E-state index in [2.05, 4.69) is 10.6 Å². The molecule has 2 rings (SSSR count). The van der Waals surface area contributed by atoms with E-state index in [4.69, 9.17) is 13.9 Å². The van der Waals surface area contributed by atoms with Crippen molar-refractivity contribution in [2.75, 3.05) is 41.4 Å². The van der Waals surface area contributed by atoms with Gasteiger partial charge in [-0.25, -0.2) is 0 Å². The molecule has 0 radical (unpaired) electrons. The van der Waals surface area contributed by atoms with E-state index in [0.717, 1.165) is 13.0 Å². The Morgan fingerprint density at radius 2 is 1.90 bits per heavy atom. The number of hydrogen-bond donors (Lipinski definition) is 2. The van der Waals surface area contributed by atoms with Gasteiger partial charge in [-0.2, -0.15) is 0 Å². The third kappa shape index (κ3) is 6.69. The van der Waals surface area contributed by atoms with Crippen molar-refractivity contribution in [3.05, 3.63) is 53.6 Å². The highest BCUT2D eigenvalue weighted by atomic mass is 16.5. The summed E-state index contributed by atoms with van der Waals surface area (Å²) in [4.78, 5) is 27.4. The second kappa shape index (κ2) is 10.9. The Labute approximate surface area is 170 Å². The number of amides is 2. The van der Waals surface area contributed by atoms with Gasteiger partial charge in [-0.05, 0) is 57.4 Å². The number of carbonyl (C=O) groups excluding carboxylic acids is 2. The monoisotopic (exact) mass is 401 g/mol. The van der Waals surface area contributed by atoms with Crippen molar-refractivity contribution in [3.63, 3.8) is 0 Å². The van der Waals surface area contributed by atoms with E-state index in [1.165, 1.54) is 26.6 Å². The fourth-order valence-corrected chi connectivity index (χ4v) is 2.54. The molecule has 1 aromatic heterocycles. The van der Waals surface area contributed by atoms with Crippen LogP contribution in [0.1, 0.15) is 22.5 Å². The number of nitrogens with one attached hydrogen (secondary N) is 2. The maximum atomic E-state index is 12.7. The minimum atomic E-state index is -0.452. The van der Waals surface area contributed by atoms with Crippen molar-refractivity contribution in [1.82, 2.24) is 15.5 Å². The molecule has 8 heteroatoms. The summed E-state index contributed by atoms with van der Waals surface area (Å²) in [6.45, 7) is 1.33. The van der Waals surface area contributed by atoms with Crippen LogP contribution in [0.15, 0.2) is 46.7 Å². The van der Waals surface area contributed by atoms with Crippen LogP contribution in [0.4, 0.5) is 0 Å². The van der Waals surface area contributed by atoms with Crippen molar-refractivity contribution in [1.29, 1.82) is 0 Å². The number of ether oxygens (including phenoxy) is 2. The van der Waals surface area contributed by atoms with Gasteiger partial charge in [-0.1, -0.05) is 0 Å². The molecule has 0 fully saturated rings. The standard InChI is InChI=1S/C21H27N3O5/c1-24(2)11-6-10-22-21(26)17(14-16-7-5-12-29-16)23-20(25)15-8-9-18(27-3)19(13-15)28-4/h5,7-9,12-14H,6,10-11H2,1-4H3,(H,22,26)(H,23,25)/b17-14-. The summed E-state index contributed by atoms with van der Waals surface area (Å²) >= 11 is 0. The van der Waals surface area contributed by atoms with Gasteiger partial charge in [0.15, 0.2) is 11.5 Å². The second-order valence-corrected chi connectivity index (χ2v) is 6.51. The van der Waals surface area contributed by atoms with E-state index in [-0.39, 0.29) is 5.70 Å². The highest BCUT2D eigenvalue weighted by Crippen LogP contribution is 2.27. The molecule has 0 aliphatic rings. The van der Waals surface area contributed by atoms with Crippen molar-refractivity contribution in [2.24, 2.45) is 0 Å². The van der Waals surface area contributed by atoms with Crippen LogP contribution in [0.25, 0.3) is 6.08 Å². The average molecular weight is 401 g/mol. The SMILES string of the molecule is COc1ccc(C(=O)N/C(=C\c2ccco2)C(=O)NCCCN(C)C)cc1OC. The van der Waals surface area contributed by atoms with Crippen LogP contribution in [-0.2, 0) is 4.79 Å². The minimum absolute atomic E-state index is 0.0876. The zero-order chi connectivity index (χ0) is 21.2. The topological polar surface area (TPSA) is 93.0 Å². The van der Waals surface area contributed by atoms with E-state index >= 15 is 0 Å². The Hall–Kier alpha value is -3.26. The molecule has 0 bridgehead atoms. The lowest BCUT2D eigenvalue weighted by atomic mass is 10.1. The lowest BCUT2D eigenvalue weighted by Crippen LogP contribution is -2.36. The summed E-state index contributed by atoms with van der Waals surface area (Å²) < 4.78 is 15.7. The predicted molar refractivity (Wildman–Crippen MR) is 110 cm³/mol. The minimum Gasteiger partial charge on any atom is -0.493 e. The number of furan rings is 1. The molecule has 0 spiro atoms. The lowest BCUT2D eigenvalue weighted by Gasteiger charge is -2.13. The molecular weight excluding hydrogens is 374 g/mol. The summed E-state index contributed by atoms with van der Waals surface area (Å²) in [5.41, 5.74) is 0.415. The van der Waals surface area contributed by atoms with Crippen LogP contribution in [0.3, 0.4) is 0 Å². The first kappa shape index (κ1) is 22.0. The third-order valence-electron chi connectivity index (χ3n) is 4.04. The van der Waals surface area contributed by atoms with Gasteiger partial charge < -0.3 is 29.4 Å². The molecular formula is C21H27N3O5. The number of benzene rings is 1. The first-order valence-corrected chi connectivity index (χ1v) is 9.16. The molecule has 156 valence electrons. The molecule has 2 aromatic rings. The molecule has 2 N–H and O–H groups in total. The van der Waals surface area contributed by atoms with Crippen molar-refractivity contribution in [2.45, 2.75) is 6.42 Å². The van der Waals surface area contributed by atoms with Crippen LogP contribution in [0.2, 0.25) is 0 Å². The highest BCUT2D eigenvalue weighted by Gasteiger charge is 2.17. The Bertz CT molecular complexity index is 844. The summed E-state index contributed by atoms with van der Waals surface area (Å²) in [6, 6.07) is 8.17. The molecule has 0 atom stereocenters. The van der Waals surface area contributed by atoms with Gasteiger partial charge in [0.2, 0.25) is 0 Å². The lowest BCUT2D eigenvalue weighted by molar-refractivity contribution is -0.117. The van der Waals surface area contributed by atoms with Crippen LogP contribution in [0.5, 0.6) is 11.5 Å². The third-order valence-corrected chi connectivity index (χ3v) is 4.04. The van der Waals surface area contributed by atoms with Gasteiger partial charge in [0.05, 0.1) is 20.5 Å². The second-order valence-electron chi connectivity index (χ2n) is 6.51. The molecule has 0 unspecified atom stereocenters. The largest absolute Gasteiger partial charge is 0.493 e. The zero-order valence-corrected chi connectivity index (χ0v) is 17.2. The zero-order valence-electron chi connectivity index (χ0n) is 17.2. The fourth-order valence-electron chi connectivity index (χ4n) is 2.54. The van der Waals surface area contributed by atoms with E-state index < -0.39 is 11.8 Å². The van der Waals surface area contributed by atoms with Crippen molar-refractivity contribution < 1.29 is 23.5 Å². The molecule has 2 amide bonds. The van der Waals surface area contributed by atoms with E-state index in [9.17, 15) is 9.59 Å². The van der Waals surface area contributed by atoms with Gasteiger partial charge in [0.25, 0.3) is 11.8 Å². The molecule has 1 heterocycles. The first-order valence-electron chi connectivity index (χ1n) is 9.16. The summed E-state index contributed by atoms with van der Waals surface area (Å²) in [7, 11) is 6.94. The normalized spacial score (nSPS) is 11.3. The average Bonchev–Trinajstić information content (AvgIpc) is 3.22. The molecule has 0 aliphatic carbocycles. The first-order chi connectivity index (χ1) is 13.9. The van der Waals surface area contributed by atoms with Gasteiger partial charge in [0, 0.05) is 18.2 Å². The predicted octanol–water partition coefficient (Wildman–Crippen LogP) is 2.14. The Kier molecular flexibility index (Phi) is 8.29. The number of rotatable bonds is 10. The summed E-state index contributed by atoms with van der Waals surface area (Å²) in [5.74, 6) is 0.538. The van der Waals surface area contributed by atoms with Gasteiger partial charge in [-0.15, -0.1) is 0 Å². The van der Waals surface area contributed by atoms with E-state index in [1.807, 2.05) is 19.0 Å². The van der Waals surface area contributed by atoms with Crippen LogP contribution >= 0.6 is 0 Å². The molecule has 0 saturated heterocycles. The smallest absolute Gasteiger partial charge is 0.267 e. The quantitative estimate of drug-likeness (QED) is 0.468. The molecule has 29 heavy (non-hydrogen) atoms. The molecule has 0 saturated carbocycles. The van der Waals surface area contributed by atoms with Gasteiger partial charge in [0.1, 0.15) is 11.5 Å². The summed E-state index contributed by atoms with van der Waals surface area (Å²) in [6.07, 6.45) is 3.77. The molecule has 1 aromatic carbocycles. The Morgan fingerprint density at radius 3 is 2.52 bits per heavy atom. The van der Waals surface area contributed by atoms with E-state index in [1.54, 1.807) is 30.3 Å². The van der Waals surface area contributed by atoms with Gasteiger partial charge in [-0.3, -0.25) is 9.59 Å².